The van der Waals surface area contributed by atoms with Crippen molar-refractivity contribution in [2.45, 2.75) is 20.3 Å². The number of allylic oxidation sites excluding steroid dienone is 2. The molecule has 62 valence electrons. The zero-order valence-corrected chi connectivity index (χ0v) is 7.00. The molecule has 1 N–H and O–H groups in total. The quantitative estimate of drug-likeness (QED) is 0.630. The maximum absolute atomic E-state index is 10.7. The minimum Gasteiger partial charge on any atom is -0.481 e. The maximum Gasteiger partial charge on any atom is 0.313 e. The lowest BCUT2D eigenvalue weighted by molar-refractivity contribution is -0.144. The summed E-state index contributed by atoms with van der Waals surface area (Å²) in [7, 11) is 0. The molecule has 0 bridgehead atoms. The lowest BCUT2D eigenvalue weighted by Gasteiger charge is -2.17. The van der Waals surface area contributed by atoms with Gasteiger partial charge in [0.15, 0.2) is 0 Å². The molecule has 0 aromatic heterocycles. The van der Waals surface area contributed by atoms with Gasteiger partial charge in [-0.2, -0.15) is 0 Å². The van der Waals surface area contributed by atoms with Crippen molar-refractivity contribution < 1.29 is 9.90 Å². The zero-order chi connectivity index (χ0) is 8.91. The van der Waals surface area contributed by atoms with Gasteiger partial charge in [0, 0.05) is 0 Å². The molecule has 0 heterocycles. The SMILES string of the molecule is C=CCC(C)(/C=C\C)C(=O)O. The van der Waals surface area contributed by atoms with Gasteiger partial charge in [-0.15, -0.1) is 6.58 Å². The third kappa shape index (κ3) is 2.58. The Kier molecular flexibility index (Phi) is 3.58. The zero-order valence-electron chi connectivity index (χ0n) is 7.00. The van der Waals surface area contributed by atoms with Crippen LogP contribution in [-0.2, 0) is 4.79 Å². The van der Waals surface area contributed by atoms with Crippen LogP contribution < -0.4 is 0 Å². The Bertz CT molecular complexity index is 182. The van der Waals surface area contributed by atoms with Crippen LogP contribution in [0.5, 0.6) is 0 Å². The van der Waals surface area contributed by atoms with Gasteiger partial charge < -0.3 is 5.11 Å². The average Bonchev–Trinajstić information content (AvgIpc) is 1.88. The second-order valence-electron chi connectivity index (χ2n) is 2.72. The van der Waals surface area contributed by atoms with E-state index in [1.807, 2.05) is 6.92 Å². The van der Waals surface area contributed by atoms with Crippen molar-refractivity contribution >= 4 is 5.97 Å². The first-order valence-corrected chi connectivity index (χ1v) is 3.55. The Hall–Kier alpha value is -1.05. The minimum atomic E-state index is -0.810. The molecule has 0 fully saturated rings. The number of hydrogen-bond donors (Lipinski definition) is 1. The van der Waals surface area contributed by atoms with Crippen molar-refractivity contribution in [3.8, 4) is 0 Å². The first-order chi connectivity index (χ1) is 5.06. The topological polar surface area (TPSA) is 37.3 Å². The Labute approximate surface area is 67.2 Å². The van der Waals surface area contributed by atoms with Crippen LogP contribution >= 0.6 is 0 Å². The van der Waals surface area contributed by atoms with Gasteiger partial charge >= 0.3 is 5.97 Å². The van der Waals surface area contributed by atoms with Crippen LogP contribution in [0.1, 0.15) is 20.3 Å². The molecule has 11 heavy (non-hydrogen) atoms. The van der Waals surface area contributed by atoms with Crippen LogP contribution in [0.15, 0.2) is 24.8 Å². The van der Waals surface area contributed by atoms with Crippen molar-refractivity contribution in [2.24, 2.45) is 5.41 Å². The van der Waals surface area contributed by atoms with Crippen molar-refractivity contribution in [1.29, 1.82) is 0 Å². The summed E-state index contributed by atoms with van der Waals surface area (Å²) in [6.07, 6.45) is 5.51. The molecule has 0 aliphatic heterocycles. The second kappa shape index (κ2) is 3.96. The molecule has 0 radical (unpaired) electrons. The molecule has 1 unspecified atom stereocenters. The van der Waals surface area contributed by atoms with Gasteiger partial charge in [0.2, 0.25) is 0 Å². The van der Waals surface area contributed by atoms with Gasteiger partial charge in [-0.3, -0.25) is 4.79 Å². The van der Waals surface area contributed by atoms with Gasteiger partial charge in [-0.25, -0.2) is 0 Å². The van der Waals surface area contributed by atoms with Crippen LogP contribution in [0.25, 0.3) is 0 Å². The lowest BCUT2D eigenvalue weighted by Crippen LogP contribution is -2.24. The Balaban J connectivity index is 4.50. The minimum absolute atomic E-state index is 0.465. The van der Waals surface area contributed by atoms with E-state index in [4.69, 9.17) is 5.11 Å². The molecule has 2 heteroatoms. The molecule has 0 aromatic rings. The first-order valence-electron chi connectivity index (χ1n) is 3.55. The number of carboxylic acids is 1. The van der Waals surface area contributed by atoms with E-state index in [1.165, 1.54) is 0 Å². The van der Waals surface area contributed by atoms with Crippen LogP contribution in [0.2, 0.25) is 0 Å². The van der Waals surface area contributed by atoms with Crippen molar-refractivity contribution in [3.63, 3.8) is 0 Å². The first kappa shape index (κ1) is 9.95. The molecular formula is C9H14O2. The summed E-state index contributed by atoms with van der Waals surface area (Å²) in [5.74, 6) is -0.810. The average molecular weight is 154 g/mol. The normalized spacial score (nSPS) is 16.2. The third-order valence-corrected chi connectivity index (χ3v) is 1.59. The van der Waals surface area contributed by atoms with E-state index < -0.39 is 11.4 Å². The summed E-state index contributed by atoms with van der Waals surface area (Å²) in [4.78, 5) is 10.7. The van der Waals surface area contributed by atoms with Gasteiger partial charge in [-0.05, 0) is 20.3 Å². The van der Waals surface area contributed by atoms with E-state index >= 15 is 0 Å². The molecule has 0 aliphatic rings. The highest BCUT2D eigenvalue weighted by atomic mass is 16.4. The standard InChI is InChI=1S/C9H14O2/c1-4-6-9(3,7-5-2)8(10)11/h4-5,7H,1,6H2,2-3H3,(H,10,11)/b7-5-. The van der Waals surface area contributed by atoms with Gasteiger partial charge in [-0.1, -0.05) is 18.2 Å². The highest BCUT2D eigenvalue weighted by Crippen LogP contribution is 2.23. The molecule has 1 atom stereocenters. The smallest absolute Gasteiger partial charge is 0.313 e. The third-order valence-electron chi connectivity index (χ3n) is 1.59. The van der Waals surface area contributed by atoms with Gasteiger partial charge in [0.1, 0.15) is 0 Å². The highest BCUT2D eigenvalue weighted by molar-refractivity contribution is 5.76. The predicted molar refractivity (Wildman–Crippen MR) is 45.4 cm³/mol. The molecule has 0 aliphatic carbocycles. The number of carbonyl (C=O) groups is 1. The van der Waals surface area contributed by atoms with E-state index in [1.54, 1.807) is 25.2 Å². The predicted octanol–water partition coefficient (Wildman–Crippen LogP) is 2.23. The number of rotatable bonds is 4. The van der Waals surface area contributed by atoms with E-state index in [0.717, 1.165) is 0 Å². The summed E-state index contributed by atoms with van der Waals surface area (Å²) in [5.41, 5.74) is -0.781. The molecular weight excluding hydrogens is 140 g/mol. The van der Waals surface area contributed by atoms with Gasteiger partial charge in [0.25, 0.3) is 0 Å². The summed E-state index contributed by atoms with van der Waals surface area (Å²) < 4.78 is 0. The monoisotopic (exact) mass is 154 g/mol. The van der Waals surface area contributed by atoms with E-state index in [2.05, 4.69) is 6.58 Å². The molecule has 0 spiro atoms. The number of hydrogen-bond acceptors (Lipinski definition) is 1. The summed E-state index contributed by atoms with van der Waals surface area (Å²) in [5, 5.41) is 8.80. The fourth-order valence-electron chi connectivity index (χ4n) is 0.894. The van der Waals surface area contributed by atoms with Crippen LogP contribution in [-0.4, -0.2) is 11.1 Å². The Morgan fingerprint density at radius 2 is 2.27 bits per heavy atom. The van der Waals surface area contributed by atoms with Crippen LogP contribution in [0, 0.1) is 5.41 Å². The molecule has 0 rings (SSSR count). The fourth-order valence-corrected chi connectivity index (χ4v) is 0.894. The summed E-state index contributed by atoms with van der Waals surface area (Å²) >= 11 is 0. The molecule has 0 saturated heterocycles. The van der Waals surface area contributed by atoms with Crippen LogP contribution in [0.4, 0.5) is 0 Å². The van der Waals surface area contributed by atoms with Gasteiger partial charge in [0.05, 0.1) is 5.41 Å². The molecule has 0 saturated carbocycles. The molecule has 0 aromatic carbocycles. The maximum atomic E-state index is 10.7. The second-order valence-corrected chi connectivity index (χ2v) is 2.72. The summed E-state index contributed by atoms with van der Waals surface area (Å²) in [6.45, 7) is 7.00. The van der Waals surface area contributed by atoms with Crippen molar-refractivity contribution in [1.82, 2.24) is 0 Å². The number of aliphatic carboxylic acids is 1. The molecule has 0 amide bonds. The van der Waals surface area contributed by atoms with Crippen molar-refractivity contribution in [3.05, 3.63) is 24.8 Å². The largest absolute Gasteiger partial charge is 0.481 e. The lowest BCUT2D eigenvalue weighted by atomic mass is 9.87. The Morgan fingerprint density at radius 1 is 1.73 bits per heavy atom. The highest BCUT2D eigenvalue weighted by Gasteiger charge is 2.27. The summed E-state index contributed by atoms with van der Waals surface area (Å²) in [6, 6.07) is 0. The molecule has 2 nitrogen and oxygen atoms in total. The van der Waals surface area contributed by atoms with E-state index in [0.29, 0.717) is 6.42 Å². The van der Waals surface area contributed by atoms with E-state index in [9.17, 15) is 4.79 Å². The van der Waals surface area contributed by atoms with Crippen LogP contribution in [0.3, 0.4) is 0 Å². The Morgan fingerprint density at radius 3 is 2.55 bits per heavy atom. The number of carboxylic acid groups (broad SMARTS) is 1. The van der Waals surface area contributed by atoms with E-state index in [-0.39, 0.29) is 0 Å². The fraction of sp³-hybridized carbons (Fsp3) is 0.444. The van der Waals surface area contributed by atoms with Crippen molar-refractivity contribution in [2.75, 3.05) is 0 Å².